The number of esters is 2. The summed E-state index contributed by atoms with van der Waals surface area (Å²) in [7, 11) is 0. The Morgan fingerprint density at radius 1 is 1.13 bits per heavy atom. The predicted octanol–water partition coefficient (Wildman–Crippen LogP) is 5.13. The molecule has 1 N–H and O–H groups in total. The van der Waals surface area contributed by atoms with Gasteiger partial charge in [0.05, 0.1) is 5.41 Å². The number of carbonyl (C=O) groups is 2. The highest BCUT2D eigenvalue weighted by Crippen LogP contribution is 2.47. The molecule has 2 heterocycles. The number of aryl methyl sites for hydroxylation is 2. The lowest BCUT2D eigenvalue weighted by Gasteiger charge is -2.38. The number of thiophene rings is 1. The van der Waals surface area contributed by atoms with Gasteiger partial charge in [0.25, 0.3) is 0 Å². The van der Waals surface area contributed by atoms with Crippen molar-refractivity contribution in [1.29, 1.82) is 0 Å². The van der Waals surface area contributed by atoms with Gasteiger partial charge in [-0.1, -0.05) is 13.3 Å². The van der Waals surface area contributed by atoms with E-state index in [2.05, 4.69) is 18.3 Å². The van der Waals surface area contributed by atoms with Gasteiger partial charge in [-0.15, -0.1) is 11.3 Å². The molecule has 1 aromatic heterocycles. The highest BCUT2D eigenvalue weighted by atomic mass is 32.1. The van der Waals surface area contributed by atoms with Crippen LogP contribution >= 0.6 is 11.3 Å². The molecule has 1 aromatic carbocycles. The number of nitrogens with one attached hydrogen (secondary N) is 1. The maximum Gasteiger partial charge on any atom is 0.316 e. The van der Waals surface area contributed by atoms with Crippen LogP contribution in [0.15, 0.2) is 18.2 Å². The zero-order chi connectivity index (χ0) is 22.3. The monoisotopic (exact) mass is 441 g/mol. The molecule has 0 fully saturated rings. The topological polar surface area (TPSA) is 64.6 Å². The second-order valence-corrected chi connectivity index (χ2v) is 10.8. The lowest BCUT2D eigenvalue weighted by Crippen LogP contribution is -2.42. The first-order valence-electron chi connectivity index (χ1n) is 11.1. The molecule has 2 aromatic rings. The molecule has 5 nitrogen and oxygen atoms in total. The molecule has 166 valence electrons. The minimum absolute atomic E-state index is 0.216. The molecule has 1 aliphatic heterocycles. The Morgan fingerprint density at radius 3 is 2.55 bits per heavy atom. The smallest absolute Gasteiger partial charge is 0.316 e. The van der Waals surface area contributed by atoms with Crippen molar-refractivity contribution in [2.24, 2.45) is 5.41 Å². The van der Waals surface area contributed by atoms with E-state index in [1.54, 1.807) is 0 Å². The number of ether oxygens (including phenoxy) is 2. The van der Waals surface area contributed by atoms with Gasteiger partial charge in [0.15, 0.2) is 11.5 Å². The molecule has 6 heteroatoms. The van der Waals surface area contributed by atoms with Crippen LogP contribution in [0.5, 0.6) is 11.5 Å². The number of fused-ring (bicyclic) bond motifs is 5. The quantitative estimate of drug-likeness (QED) is 0.527. The summed E-state index contributed by atoms with van der Waals surface area (Å²) >= 11 is 1.90. The Balaban J connectivity index is 1.79. The van der Waals surface area contributed by atoms with E-state index < -0.39 is 11.4 Å². The number of hydrogen-bond acceptors (Lipinski definition) is 6. The van der Waals surface area contributed by atoms with E-state index >= 15 is 0 Å². The summed E-state index contributed by atoms with van der Waals surface area (Å²) in [6.45, 7) is 9.93. The van der Waals surface area contributed by atoms with Crippen molar-refractivity contribution in [3.8, 4) is 11.5 Å². The fourth-order valence-corrected chi connectivity index (χ4v) is 5.75. The molecule has 0 spiro atoms. The third-order valence-corrected chi connectivity index (χ3v) is 7.20. The molecule has 0 bridgehead atoms. The van der Waals surface area contributed by atoms with Gasteiger partial charge in [-0.3, -0.25) is 9.59 Å². The van der Waals surface area contributed by atoms with Crippen LogP contribution in [0.4, 0.5) is 0 Å². The van der Waals surface area contributed by atoms with Gasteiger partial charge in [0.2, 0.25) is 0 Å². The summed E-state index contributed by atoms with van der Waals surface area (Å²) in [4.78, 5) is 27.2. The Morgan fingerprint density at radius 2 is 1.87 bits per heavy atom. The first kappa shape index (κ1) is 22.0. The fourth-order valence-electron chi connectivity index (χ4n) is 4.49. The largest absolute Gasteiger partial charge is 0.423 e. The zero-order valence-electron chi connectivity index (χ0n) is 19.0. The number of benzene rings is 1. The van der Waals surface area contributed by atoms with Crippen LogP contribution in [-0.4, -0.2) is 18.0 Å². The van der Waals surface area contributed by atoms with Crippen molar-refractivity contribution in [2.45, 2.75) is 78.8 Å². The van der Waals surface area contributed by atoms with E-state index in [0.29, 0.717) is 17.5 Å². The van der Waals surface area contributed by atoms with Gasteiger partial charge in [-0.2, -0.15) is 0 Å². The average Bonchev–Trinajstić information content (AvgIpc) is 3.10. The molecule has 0 saturated heterocycles. The van der Waals surface area contributed by atoms with Gasteiger partial charge in [-0.05, 0) is 74.9 Å². The summed E-state index contributed by atoms with van der Waals surface area (Å²) < 4.78 is 11.2. The maximum absolute atomic E-state index is 12.6. The third-order valence-electron chi connectivity index (χ3n) is 5.99. The first-order chi connectivity index (χ1) is 14.7. The van der Waals surface area contributed by atoms with Crippen LogP contribution in [0.3, 0.4) is 0 Å². The van der Waals surface area contributed by atoms with E-state index in [-0.39, 0.29) is 11.9 Å². The molecule has 0 radical (unpaired) electrons. The van der Waals surface area contributed by atoms with E-state index in [0.717, 1.165) is 43.4 Å². The van der Waals surface area contributed by atoms with E-state index in [1.807, 2.05) is 44.2 Å². The molecule has 0 unspecified atom stereocenters. The van der Waals surface area contributed by atoms with Crippen molar-refractivity contribution in [2.75, 3.05) is 0 Å². The van der Waals surface area contributed by atoms with E-state index in [4.69, 9.17) is 9.47 Å². The van der Waals surface area contributed by atoms with Crippen molar-refractivity contribution in [1.82, 2.24) is 5.32 Å². The van der Waals surface area contributed by atoms with Crippen LogP contribution < -0.4 is 14.8 Å². The van der Waals surface area contributed by atoms with Crippen LogP contribution in [0, 0.1) is 5.41 Å². The molecule has 0 amide bonds. The summed E-state index contributed by atoms with van der Waals surface area (Å²) in [5.41, 5.74) is 3.06. The maximum atomic E-state index is 12.6. The summed E-state index contributed by atoms with van der Waals surface area (Å²) in [6.07, 6.45) is 4.15. The van der Waals surface area contributed by atoms with Crippen LogP contribution in [0.2, 0.25) is 0 Å². The Bertz CT molecular complexity index is 1020. The normalized spacial score (nSPS) is 19.8. The van der Waals surface area contributed by atoms with Gasteiger partial charge >= 0.3 is 11.9 Å². The van der Waals surface area contributed by atoms with Gasteiger partial charge < -0.3 is 14.8 Å². The van der Waals surface area contributed by atoms with Crippen LogP contribution in [0.1, 0.15) is 79.8 Å². The summed E-state index contributed by atoms with van der Waals surface area (Å²) in [6, 6.07) is 6.56. The Labute approximate surface area is 188 Å². The van der Waals surface area contributed by atoms with Crippen molar-refractivity contribution in [3.05, 3.63) is 44.6 Å². The van der Waals surface area contributed by atoms with Crippen molar-refractivity contribution >= 4 is 23.3 Å². The molecule has 1 aliphatic carbocycles. The lowest BCUT2D eigenvalue weighted by atomic mass is 9.74. The molecule has 31 heavy (non-hydrogen) atoms. The molecule has 4 rings (SSSR count). The first-order valence-corrected chi connectivity index (χ1v) is 11.9. The number of hydrogen-bond donors (Lipinski definition) is 1. The Kier molecular flexibility index (Phi) is 5.97. The number of rotatable bonds is 4. The molecule has 2 aliphatic rings. The van der Waals surface area contributed by atoms with Crippen molar-refractivity contribution in [3.63, 3.8) is 0 Å². The summed E-state index contributed by atoms with van der Waals surface area (Å²) in [5, 5.41) is 3.72. The fraction of sp³-hybridized carbons (Fsp3) is 0.520. The van der Waals surface area contributed by atoms with Crippen LogP contribution in [0.25, 0.3) is 0 Å². The number of carbonyl (C=O) groups excluding carboxylic acids is 2. The minimum Gasteiger partial charge on any atom is -0.423 e. The highest BCUT2D eigenvalue weighted by molar-refractivity contribution is 7.12. The molecular formula is C25H31NO4S. The van der Waals surface area contributed by atoms with Gasteiger partial charge in [-0.25, -0.2) is 0 Å². The zero-order valence-corrected chi connectivity index (χ0v) is 19.8. The van der Waals surface area contributed by atoms with Gasteiger partial charge in [0, 0.05) is 35.2 Å². The second-order valence-electron chi connectivity index (χ2n) is 9.58. The molecular weight excluding hydrogens is 410 g/mol. The second kappa shape index (κ2) is 8.40. The summed E-state index contributed by atoms with van der Waals surface area (Å²) in [5.74, 6) is 0.0866. The third kappa shape index (κ3) is 4.41. The Hall–Kier alpha value is -2.18. The van der Waals surface area contributed by atoms with Crippen LogP contribution in [-0.2, 0) is 29.0 Å². The minimum atomic E-state index is -0.659. The predicted molar refractivity (Wildman–Crippen MR) is 122 cm³/mol. The standard InChI is InChI=1S/C25H31NO4S/c1-6-7-16-11-18-22(31-16)13-26-19-9-8-15-10-20(29-14(2)27)21(12-17(15)23(18)19)30-24(28)25(3,4)5/h10-12,19,23,26H,6-9,13H2,1-5H3/t19-,23+/m1/s1. The molecule has 0 saturated carbocycles. The van der Waals surface area contributed by atoms with Gasteiger partial charge in [0.1, 0.15) is 0 Å². The SMILES string of the molecule is CCCc1cc2c(s1)CN[C@@H]1CCc3cc(OC(C)=O)c(OC(=O)C(C)(C)C)cc3[C@@H]21. The highest BCUT2D eigenvalue weighted by Gasteiger charge is 2.37. The average molecular weight is 442 g/mol. The molecule has 2 atom stereocenters. The van der Waals surface area contributed by atoms with Crippen molar-refractivity contribution < 1.29 is 19.1 Å². The lowest BCUT2D eigenvalue weighted by molar-refractivity contribution is -0.143. The van der Waals surface area contributed by atoms with E-state index in [1.165, 1.54) is 22.2 Å². The van der Waals surface area contributed by atoms with E-state index in [9.17, 15) is 9.59 Å².